The average molecular weight is 235 g/mol. The zero-order valence-electron chi connectivity index (χ0n) is 10.5. The number of aliphatic hydroxyl groups is 1. The highest BCUT2D eigenvalue weighted by Gasteiger charge is 2.25. The van der Waals surface area contributed by atoms with Gasteiger partial charge < -0.3 is 15.2 Å². The Morgan fingerprint density at radius 2 is 2.00 bits per heavy atom. The van der Waals surface area contributed by atoms with Crippen LogP contribution in [-0.4, -0.2) is 24.3 Å². The normalized spacial score (nSPS) is 26.5. The second kappa shape index (κ2) is 5.52. The zero-order chi connectivity index (χ0) is 12.3. The molecule has 0 radical (unpaired) electrons. The maximum Gasteiger partial charge on any atom is 0.118 e. The lowest BCUT2D eigenvalue weighted by Gasteiger charge is -2.32. The van der Waals surface area contributed by atoms with E-state index in [1.54, 1.807) is 7.11 Å². The van der Waals surface area contributed by atoms with E-state index in [2.05, 4.69) is 12.2 Å². The molecule has 3 atom stereocenters. The summed E-state index contributed by atoms with van der Waals surface area (Å²) in [5, 5.41) is 13.8. The van der Waals surface area contributed by atoms with Crippen molar-refractivity contribution >= 4 is 0 Å². The summed E-state index contributed by atoms with van der Waals surface area (Å²) >= 11 is 0. The van der Waals surface area contributed by atoms with E-state index in [1.165, 1.54) is 12.8 Å². The van der Waals surface area contributed by atoms with E-state index < -0.39 is 6.10 Å². The van der Waals surface area contributed by atoms with Crippen molar-refractivity contribution < 1.29 is 9.84 Å². The van der Waals surface area contributed by atoms with E-state index in [4.69, 9.17) is 4.74 Å². The number of benzene rings is 1. The Bertz CT molecular complexity index is 350. The number of methoxy groups -OCH3 is 1. The van der Waals surface area contributed by atoms with Crippen LogP contribution in [0.2, 0.25) is 0 Å². The first-order valence-electron chi connectivity index (χ1n) is 6.29. The lowest BCUT2D eigenvalue weighted by Crippen LogP contribution is -2.44. The summed E-state index contributed by atoms with van der Waals surface area (Å²) in [6, 6.07) is 8.33. The van der Waals surface area contributed by atoms with Crippen molar-refractivity contribution in [2.75, 3.05) is 7.11 Å². The molecule has 1 fully saturated rings. The highest BCUT2D eigenvalue weighted by Crippen LogP contribution is 2.25. The Morgan fingerprint density at radius 1 is 1.29 bits per heavy atom. The van der Waals surface area contributed by atoms with Crippen molar-refractivity contribution in [2.45, 2.75) is 44.4 Å². The van der Waals surface area contributed by atoms with Crippen LogP contribution in [0.5, 0.6) is 5.75 Å². The molecule has 1 heterocycles. The van der Waals surface area contributed by atoms with Gasteiger partial charge in [0.05, 0.1) is 13.2 Å². The number of rotatable bonds is 3. The summed E-state index contributed by atoms with van der Waals surface area (Å²) in [5.74, 6) is 0.825. The Hall–Kier alpha value is -1.06. The van der Waals surface area contributed by atoms with Gasteiger partial charge in [-0.3, -0.25) is 0 Å². The number of aliphatic hydroxyl groups excluding tert-OH is 1. The van der Waals surface area contributed by atoms with Crippen LogP contribution >= 0.6 is 0 Å². The van der Waals surface area contributed by atoms with Gasteiger partial charge in [0.2, 0.25) is 0 Å². The average Bonchev–Trinajstić information content (AvgIpc) is 2.38. The molecule has 2 N–H and O–H groups in total. The SMILES string of the molecule is COc1ccc(C(O)[C@H]2CCC[C@H](C)N2)cc1. The monoisotopic (exact) mass is 235 g/mol. The topological polar surface area (TPSA) is 41.5 Å². The fourth-order valence-electron chi connectivity index (χ4n) is 2.46. The van der Waals surface area contributed by atoms with Gasteiger partial charge >= 0.3 is 0 Å². The zero-order valence-corrected chi connectivity index (χ0v) is 10.5. The Labute approximate surface area is 103 Å². The number of nitrogens with one attached hydrogen (secondary N) is 1. The van der Waals surface area contributed by atoms with Gasteiger partial charge in [-0.25, -0.2) is 0 Å². The summed E-state index contributed by atoms with van der Waals surface area (Å²) in [4.78, 5) is 0. The van der Waals surface area contributed by atoms with Crippen LogP contribution in [0, 0.1) is 0 Å². The minimum absolute atomic E-state index is 0.173. The molecule has 3 nitrogen and oxygen atoms in total. The predicted octanol–water partition coefficient (Wildman–Crippen LogP) is 2.26. The molecule has 0 saturated carbocycles. The summed E-state index contributed by atoms with van der Waals surface area (Å²) < 4.78 is 5.11. The minimum atomic E-state index is -0.427. The number of ether oxygens (including phenoxy) is 1. The molecule has 94 valence electrons. The second-order valence-corrected chi connectivity index (χ2v) is 4.82. The first-order valence-corrected chi connectivity index (χ1v) is 6.29. The van der Waals surface area contributed by atoms with E-state index in [-0.39, 0.29) is 6.04 Å². The standard InChI is InChI=1S/C14H21NO2/c1-10-4-3-5-13(15-10)14(16)11-6-8-12(17-2)9-7-11/h6-10,13-16H,3-5H2,1-2H3/t10-,13+,14?/m0/s1. The van der Waals surface area contributed by atoms with E-state index in [0.717, 1.165) is 17.7 Å². The number of hydrogen-bond donors (Lipinski definition) is 2. The molecule has 17 heavy (non-hydrogen) atoms. The smallest absolute Gasteiger partial charge is 0.118 e. The molecule has 0 bridgehead atoms. The third-order valence-corrected chi connectivity index (χ3v) is 3.49. The Kier molecular flexibility index (Phi) is 4.02. The molecular formula is C14H21NO2. The fraction of sp³-hybridized carbons (Fsp3) is 0.571. The lowest BCUT2D eigenvalue weighted by molar-refractivity contribution is 0.103. The van der Waals surface area contributed by atoms with Crippen LogP contribution in [0.3, 0.4) is 0 Å². The van der Waals surface area contributed by atoms with Crippen molar-refractivity contribution in [2.24, 2.45) is 0 Å². The summed E-state index contributed by atoms with van der Waals surface area (Å²) in [5.41, 5.74) is 0.956. The van der Waals surface area contributed by atoms with Crippen molar-refractivity contribution in [3.05, 3.63) is 29.8 Å². The first-order chi connectivity index (χ1) is 8.20. The molecule has 1 aromatic rings. The third kappa shape index (κ3) is 2.99. The molecule has 0 aliphatic carbocycles. The van der Waals surface area contributed by atoms with Gasteiger partial charge in [0.1, 0.15) is 5.75 Å². The predicted molar refractivity (Wildman–Crippen MR) is 68.2 cm³/mol. The Morgan fingerprint density at radius 3 is 2.59 bits per heavy atom. The number of hydrogen-bond acceptors (Lipinski definition) is 3. The van der Waals surface area contributed by atoms with Gasteiger partial charge in [-0.2, -0.15) is 0 Å². The van der Waals surface area contributed by atoms with E-state index >= 15 is 0 Å². The highest BCUT2D eigenvalue weighted by atomic mass is 16.5. The lowest BCUT2D eigenvalue weighted by atomic mass is 9.92. The third-order valence-electron chi connectivity index (χ3n) is 3.49. The molecule has 0 spiro atoms. The molecule has 0 amide bonds. The van der Waals surface area contributed by atoms with Gasteiger partial charge in [0.15, 0.2) is 0 Å². The van der Waals surface area contributed by atoms with Gasteiger partial charge in [-0.05, 0) is 37.5 Å². The summed E-state index contributed by atoms with van der Waals surface area (Å²) in [6.07, 6.45) is 3.00. The van der Waals surface area contributed by atoms with Crippen molar-refractivity contribution in [3.8, 4) is 5.75 Å². The molecule has 3 heteroatoms. The fourth-order valence-corrected chi connectivity index (χ4v) is 2.46. The number of piperidine rings is 1. The molecule has 1 unspecified atom stereocenters. The molecular weight excluding hydrogens is 214 g/mol. The van der Waals surface area contributed by atoms with E-state index in [9.17, 15) is 5.11 Å². The van der Waals surface area contributed by atoms with Crippen molar-refractivity contribution in [3.63, 3.8) is 0 Å². The van der Waals surface area contributed by atoms with Crippen LogP contribution in [0.1, 0.15) is 37.9 Å². The molecule has 2 rings (SSSR count). The van der Waals surface area contributed by atoms with Crippen LogP contribution < -0.4 is 10.1 Å². The van der Waals surface area contributed by atoms with Gasteiger partial charge in [-0.15, -0.1) is 0 Å². The maximum absolute atomic E-state index is 10.3. The van der Waals surface area contributed by atoms with Crippen LogP contribution in [0.25, 0.3) is 0 Å². The van der Waals surface area contributed by atoms with Gasteiger partial charge in [0.25, 0.3) is 0 Å². The Balaban J connectivity index is 2.04. The van der Waals surface area contributed by atoms with Crippen LogP contribution in [0.15, 0.2) is 24.3 Å². The van der Waals surface area contributed by atoms with Crippen LogP contribution in [-0.2, 0) is 0 Å². The van der Waals surface area contributed by atoms with Gasteiger partial charge in [-0.1, -0.05) is 18.6 Å². The van der Waals surface area contributed by atoms with E-state index in [1.807, 2.05) is 24.3 Å². The molecule has 1 saturated heterocycles. The molecule has 0 aromatic heterocycles. The van der Waals surface area contributed by atoms with Gasteiger partial charge in [0, 0.05) is 12.1 Å². The minimum Gasteiger partial charge on any atom is -0.497 e. The van der Waals surface area contributed by atoms with Crippen LogP contribution in [0.4, 0.5) is 0 Å². The summed E-state index contributed by atoms with van der Waals surface area (Å²) in [6.45, 7) is 2.17. The molecule has 1 aliphatic rings. The molecule has 1 aliphatic heterocycles. The summed E-state index contributed by atoms with van der Waals surface area (Å²) in [7, 11) is 1.65. The van der Waals surface area contributed by atoms with Crippen molar-refractivity contribution in [1.29, 1.82) is 0 Å². The largest absolute Gasteiger partial charge is 0.497 e. The van der Waals surface area contributed by atoms with E-state index in [0.29, 0.717) is 6.04 Å². The maximum atomic E-state index is 10.3. The quantitative estimate of drug-likeness (QED) is 0.844. The highest BCUT2D eigenvalue weighted by molar-refractivity contribution is 5.29. The molecule has 1 aromatic carbocycles. The second-order valence-electron chi connectivity index (χ2n) is 4.82. The first kappa shape index (κ1) is 12.4. The van der Waals surface area contributed by atoms with Crippen molar-refractivity contribution in [1.82, 2.24) is 5.32 Å².